The van der Waals surface area contributed by atoms with Crippen molar-refractivity contribution in [3.8, 4) is 0 Å². The molecule has 1 amide bonds. The number of nitrogens with zero attached hydrogens (tertiary/aromatic N) is 2. The van der Waals surface area contributed by atoms with E-state index in [1.165, 1.54) is 6.07 Å². The summed E-state index contributed by atoms with van der Waals surface area (Å²) in [4.78, 5) is 14.1. The molecule has 1 aliphatic rings. The van der Waals surface area contributed by atoms with E-state index in [4.69, 9.17) is 20.9 Å². The number of carbonyl (C=O) groups excluding carboxylic acids is 1. The van der Waals surface area contributed by atoms with E-state index in [0.29, 0.717) is 12.6 Å². The SMILES string of the molecule is CC(C)N1CCOC(CCNC(=O)c2cc(Cl)no2)C1. The van der Waals surface area contributed by atoms with E-state index < -0.39 is 0 Å². The maximum Gasteiger partial charge on any atom is 0.289 e. The summed E-state index contributed by atoms with van der Waals surface area (Å²) in [6.07, 6.45) is 0.932. The van der Waals surface area contributed by atoms with Crippen molar-refractivity contribution in [1.82, 2.24) is 15.4 Å². The molecule has 0 radical (unpaired) electrons. The summed E-state index contributed by atoms with van der Waals surface area (Å²) in [5.74, 6) is -0.177. The van der Waals surface area contributed by atoms with Crippen molar-refractivity contribution in [2.24, 2.45) is 0 Å². The molecule has 0 saturated carbocycles. The summed E-state index contributed by atoms with van der Waals surface area (Å²) >= 11 is 5.60. The molecule has 1 unspecified atom stereocenters. The van der Waals surface area contributed by atoms with Crippen molar-refractivity contribution >= 4 is 17.5 Å². The number of amides is 1. The van der Waals surface area contributed by atoms with Crippen LogP contribution >= 0.6 is 11.6 Å². The molecule has 1 saturated heterocycles. The number of ether oxygens (including phenoxy) is 1. The number of carbonyl (C=O) groups is 1. The molecule has 1 aromatic heterocycles. The lowest BCUT2D eigenvalue weighted by Crippen LogP contribution is -2.46. The van der Waals surface area contributed by atoms with Gasteiger partial charge in [-0.25, -0.2) is 0 Å². The maximum atomic E-state index is 11.7. The number of nitrogens with one attached hydrogen (secondary N) is 1. The molecule has 112 valence electrons. The third kappa shape index (κ3) is 4.19. The Morgan fingerprint density at radius 2 is 2.45 bits per heavy atom. The van der Waals surface area contributed by atoms with Gasteiger partial charge in [0.1, 0.15) is 0 Å². The minimum atomic E-state index is -0.305. The highest BCUT2D eigenvalue weighted by Crippen LogP contribution is 2.11. The van der Waals surface area contributed by atoms with Gasteiger partial charge in [0.15, 0.2) is 5.15 Å². The van der Waals surface area contributed by atoms with Crippen molar-refractivity contribution in [3.05, 3.63) is 17.0 Å². The molecule has 6 nitrogen and oxygen atoms in total. The third-order valence-corrected chi connectivity index (χ3v) is 3.54. The Morgan fingerprint density at radius 3 is 3.10 bits per heavy atom. The molecule has 7 heteroatoms. The maximum absolute atomic E-state index is 11.7. The first-order valence-electron chi connectivity index (χ1n) is 6.82. The normalized spacial score (nSPS) is 20.3. The molecular weight excluding hydrogens is 282 g/mol. The molecule has 0 bridgehead atoms. The monoisotopic (exact) mass is 301 g/mol. The first kappa shape index (κ1) is 15.3. The van der Waals surface area contributed by atoms with E-state index in [2.05, 4.69) is 29.2 Å². The van der Waals surface area contributed by atoms with Gasteiger partial charge in [0.05, 0.1) is 12.7 Å². The van der Waals surface area contributed by atoms with Crippen molar-refractivity contribution in [2.45, 2.75) is 32.4 Å². The van der Waals surface area contributed by atoms with Crippen LogP contribution in [0.2, 0.25) is 5.15 Å². The summed E-state index contributed by atoms with van der Waals surface area (Å²) in [5.41, 5.74) is 0. The predicted octanol–water partition coefficient (Wildman–Crippen LogP) is 1.56. The summed E-state index contributed by atoms with van der Waals surface area (Å²) in [7, 11) is 0. The van der Waals surface area contributed by atoms with Gasteiger partial charge < -0.3 is 14.6 Å². The van der Waals surface area contributed by atoms with Gasteiger partial charge >= 0.3 is 0 Å². The Labute approximate surface area is 123 Å². The van der Waals surface area contributed by atoms with Gasteiger partial charge in [-0.2, -0.15) is 0 Å². The van der Waals surface area contributed by atoms with Crippen LogP contribution in [0.3, 0.4) is 0 Å². The molecule has 0 aromatic carbocycles. The number of rotatable bonds is 5. The topological polar surface area (TPSA) is 67.6 Å². The van der Waals surface area contributed by atoms with Crippen LogP contribution in [0, 0.1) is 0 Å². The highest BCUT2D eigenvalue weighted by Gasteiger charge is 2.22. The largest absolute Gasteiger partial charge is 0.375 e. The van der Waals surface area contributed by atoms with E-state index in [9.17, 15) is 4.79 Å². The number of halogens is 1. The van der Waals surface area contributed by atoms with E-state index in [-0.39, 0.29) is 22.9 Å². The number of aromatic nitrogens is 1. The second-order valence-electron chi connectivity index (χ2n) is 5.14. The molecule has 1 N–H and O–H groups in total. The second-order valence-corrected chi connectivity index (χ2v) is 5.53. The minimum absolute atomic E-state index is 0.128. The molecule has 0 spiro atoms. The molecule has 1 aromatic rings. The summed E-state index contributed by atoms with van der Waals surface area (Å²) in [6.45, 7) is 7.51. The van der Waals surface area contributed by atoms with Crippen LogP contribution in [0.15, 0.2) is 10.6 Å². The Hall–Kier alpha value is -1.11. The molecule has 1 atom stereocenters. The van der Waals surface area contributed by atoms with Gasteiger partial charge in [-0.3, -0.25) is 9.69 Å². The second kappa shape index (κ2) is 7.06. The number of morpholine rings is 1. The van der Waals surface area contributed by atoms with Crippen LogP contribution in [-0.4, -0.2) is 54.4 Å². The van der Waals surface area contributed by atoms with Crippen molar-refractivity contribution < 1.29 is 14.1 Å². The lowest BCUT2D eigenvalue weighted by molar-refractivity contribution is -0.0412. The fourth-order valence-corrected chi connectivity index (χ4v) is 2.31. The lowest BCUT2D eigenvalue weighted by Gasteiger charge is -2.35. The molecule has 20 heavy (non-hydrogen) atoms. The molecule has 2 rings (SSSR count). The smallest absolute Gasteiger partial charge is 0.289 e. The lowest BCUT2D eigenvalue weighted by atomic mass is 10.1. The Morgan fingerprint density at radius 1 is 1.65 bits per heavy atom. The summed E-state index contributed by atoms with van der Waals surface area (Å²) < 4.78 is 10.5. The molecule has 0 aliphatic carbocycles. The van der Waals surface area contributed by atoms with E-state index in [0.717, 1.165) is 26.1 Å². The van der Waals surface area contributed by atoms with Crippen molar-refractivity contribution in [1.29, 1.82) is 0 Å². The zero-order valence-corrected chi connectivity index (χ0v) is 12.5. The van der Waals surface area contributed by atoms with Crippen LogP contribution in [0.5, 0.6) is 0 Å². The van der Waals surface area contributed by atoms with Gasteiger partial charge in [-0.1, -0.05) is 16.8 Å². The van der Waals surface area contributed by atoms with E-state index >= 15 is 0 Å². The van der Waals surface area contributed by atoms with Gasteiger partial charge in [0.2, 0.25) is 5.76 Å². The van der Waals surface area contributed by atoms with Crippen molar-refractivity contribution in [2.75, 3.05) is 26.2 Å². The van der Waals surface area contributed by atoms with Crippen LogP contribution in [0.4, 0.5) is 0 Å². The Kier molecular flexibility index (Phi) is 5.39. The fourth-order valence-electron chi connectivity index (χ4n) is 2.18. The van der Waals surface area contributed by atoms with E-state index in [1.54, 1.807) is 0 Å². The van der Waals surface area contributed by atoms with Crippen LogP contribution in [-0.2, 0) is 4.74 Å². The van der Waals surface area contributed by atoms with Crippen LogP contribution in [0.25, 0.3) is 0 Å². The van der Waals surface area contributed by atoms with Crippen LogP contribution < -0.4 is 5.32 Å². The average Bonchev–Trinajstić information content (AvgIpc) is 2.86. The minimum Gasteiger partial charge on any atom is -0.375 e. The van der Waals surface area contributed by atoms with Gasteiger partial charge in [-0.05, 0) is 20.3 Å². The third-order valence-electron chi connectivity index (χ3n) is 3.36. The summed E-state index contributed by atoms with van der Waals surface area (Å²) in [6, 6.07) is 1.92. The highest BCUT2D eigenvalue weighted by atomic mass is 35.5. The fraction of sp³-hybridized carbons (Fsp3) is 0.692. The standard InChI is InChI=1S/C13H20ClN3O3/c1-9(2)17-5-6-19-10(8-17)3-4-15-13(18)11-7-12(14)16-20-11/h7,9-10H,3-6,8H2,1-2H3,(H,15,18). The van der Waals surface area contributed by atoms with Gasteiger partial charge in [0, 0.05) is 31.7 Å². The molecule has 1 aliphatic heterocycles. The van der Waals surface area contributed by atoms with Crippen molar-refractivity contribution in [3.63, 3.8) is 0 Å². The first-order chi connectivity index (χ1) is 9.56. The zero-order valence-electron chi connectivity index (χ0n) is 11.8. The van der Waals surface area contributed by atoms with Gasteiger partial charge in [0.25, 0.3) is 5.91 Å². The zero-order chi connectivity index (χ0) is 14.5. The quantitative estimate of drug-likeness (QED) is 0.894. The Balaban J connectivity index is 1.71. The molecule has 1 fully saturated rings. The summed E-state index contributed by atoms with van der Waals surface area (Å²) in [5, 5.41) is 6.42. The number of hydrogen-bond acceptors (Lipinski definition) is 5. The molecule has 2 heterocycles. The highest BCUT2D eigenvalue weighted by molar-refractivity contribution is 6.29. The number of hydrogen-bond donors (Lipinski definition) is 1. The average molecular weight is 302 g/mol. The van der Waals surface area contributed by atoms with E-state index in [1.807, 2.05) is 0 Å². The van der Waals surface area contributed by atoms with Crippen LogP contribution in [0.1, 0.15) is 30.8 Å². The molecular formula is C13H20ClN3O3. The van der Waals surface area contributed by atoms with Gasteiger partial charge in [-0.15, -0.1) is 0 Å². The predicted molar refractivity (Wildman–Crippen MR) is 74.9 cm³/mol. The Bertz CT molecular complexity index is 450. The first-order valence-corrected chi connectivity index (χ1v) is 7.20.